The quantitative estimate of drug-likeness (QED) is 0.792. The van der Waals surface area contributed by atoms with E-state index >= 15 is 0 Å². The molecule has 0 fully saturated rings. The summed E-state index contributed by atoms with van der Waals surface area (Å²) in [6.07, 6.45) is 1.15. The largest absolute Gasteiger partial charge is 0.398 e. The molecule has 1 aromatic carbocycles. The lowest BCUT2D eigenvalue weighted by Gasteiger charge is -2.19. The van der Waals surface area contributed by atoms with Crippen LogP contribution < -0.4 is 5.73 Å². The number of halogens is 1. The normalized spacial score (nSPS) is 11.4. The zero-order valence-corrected chi connectivity index (χ0v) is 11.7. The fourth-order valence-corrected chi connectivity index (χ4v) is 1.99. The summed E-state index contributed by atoms with van der Waals surface area (Å²) in [5.74, 6) is 0. The molecule has 0 unspecified atom stereocenters. The van der Waals surface area contributed by atoms with Gasteiger partial charge in [-0.15, -0.1) is 0 Å². The summed E-state index contributed by atoms with van der Waals surface area (Å²) in [4.78, 5) is 4.44. The molecule has 3 nitrogen and oxygen atoms in total. The smallest absolute Gasteiger partial charge is 0.0471 e. The number of rotatable bonds is 6. The average Bonchev–Trinajstić information content (AvgIpc) is 2.23. The minimum atomic E-state index is 0.754. The first kappa shape index (κ1) is 14.3. The van der Waals surface area contributed by atoms with E-state index in [-0.39, 0.29) is 0 Å². The number of nitrogens with zero attached hydrogens (tertiary/aromatic N) is 2. The number of nitrogens with two attached hydrogens (primary N) is 1. The van der Waals surface area contributed by atoms with Gasteiger partial charge in [0.15, 0.2) is 0 Å². The molecule has 0 aliphatic carbocycles. The topological polar surface area (TPSA) is 32.5 Å². The van der Waals surface area contributed by atoms with Gasteiger partial charge in [0, 0.05) is 22.8 Å². The lowest BCUT2D eigenvalue weighted by atomic mass is 10.1. The predicted molar refractivity (Wildman–Crippen MR) is 75.4 cm³/mol. The minimum Gasteiger partial charge on any atom is -0.398 e. The number of hydrogen-bond donors (Lipinski definition) is 1. The van der Waals surface area contributed by atoms with Gasteiger partial charge in [0.1, 0.15) is 0 Å². The summed E-state index contributed by atoms with van der Waals surface area (Å²) in [5.41, 5.74) is 7.73. The molecule has 0 spiro atoms. The number of nitrogen functional groups attached to an aromatic ring is 1. The molecule has 1 rings (SSSR count). The van der Waals surface area contributed by atoms with Crippen LogP contribution in [0.5, 0.6) is 0 Å². The second kappa shape index (κ2) is 6.84. The first-order valence-corrected chi connectivity index (χ1v) is 6.24. The molecule has 0 aliphatic rings. The van der Waals surface area contributed by atoms with Gasteiger partial charge in [0.05, 0.1) is 0 Å². The molecule has 0 aromatic heterocycles. The van der Waals surface area contributed by atoms with Crippen LogP contribution in [0.1, 0.15) is 12.0 Å². The molecule has 0 bridgehead atoms. The van der Waals surface area contributed by atoms with Crippen LogP contribution in [0.25, 0.3) is 0 Å². The number of hydrogen-bond acceptors (Lipinski definition) is 3. The van der Waals surface area contributed by atoms with Crippen molar-refractivity contribution in [3.05, 3.63) is 28.8 Å². The number of anilines is 1. The van der Waals surface area contributed by atoms with E-state index in [2.05, 4.69) is 30.9 Å². The van der Waals surface area contributed by atoms with E-state index in [4.69, 9.17) is 17.3 Å². The van der Waals surface area contributed by atoms with Gasteiger partial charge in [-0.25, -0.2) is 0 Å². The summed E-state index contributed by atoms with van der Waals surface area (Å²) >= 11 is 6.14. The van der Waals surface area contributed by atoms with Crippen molar-refractivity contribution >= 4 is 17.3 Å². The predicted octanol–water partition coefficient (Wildman–Crippen LogP) is 2.31. The molecule has 0 atom stereocenters. The van der Waals surface area contributed by atoms with Crippen molar-refractivity contribution in [2.75, 3.05) is 40.0 Å². The second-order valence-electron chi connectivity index (χ2n) is 4.70. The first-order chi connectivity index (χ1) is 8.00. The Hall–Kier alpha value is -0.770. The van der Waals surface area contributed by atoms with Crippen LogP contribution in [0.2, 0.25) is 5.02 Å². The third-order valence-electron chi connectivity index (χ3n) is 2.73. The fourth-order valence-electron chi connectivity index (χ4n) is 1.75. The monoisotopic (exact) mass is 255 g/mol. The Morgan fingerprint density at radius 1 is 1.18 bits per heavy atom. The third-order valence-corrected chi connectivity index (χ3v) is 3.08. The lowest BCUT2D eigenvalue weighted by molar-refractivity contribution is 0.295. The summed E-state index contributed by atoms with van der Waals surface area (Å²) < 4.78 is 0. The van der Waals surface area contributed by atoms with Crippen molar-refractivity contribution in [2.45, 2.75) is 13.0 Å². The van der Waals surface area contributed by atoms with E-state index < -0.39 is 0 Å². The Morgan fingerprint density at radius 2 is 1.88 bits per heavy atom. The van der Waals surface area contributed by atoms with E-state index in [1.54, 1.807) is 0 Å². The molecule has 0 heterocycles. The Kier molecular flexibility index (Phi) is 5.75. The van der Waals surface area contributed by atoms with Crippen molar-refractivity contribution < 1.29 is 0 Å². The summed E-state index contributed by atoms with van der Waals surface area (Å²) in [6, 6.07) is 5.67. The van der Waals surface area contributed by atoms with Gasteiger partial charge in [-0.1, -0.05) is 17.7 Å². The first-order valence-electron chi connectivity index (χ1n) is 5.87. The Morgan fingerprint density at radius 3 is 2.47 bits per heavy atom. The molecular weight excluding hydrogens is 234 g/mol. The Balaban J connectivity index is 2.47. The average molecular weight is 256 g/mol. The van der Waals surface area contributed by atoms with E-state index in [1.165, 1.54) is 0 Å². The van der Waals surface area contributed by atoms with E-state index in [1.807, 2.05) is 18.2 Å². The van der Waals surface area contributed by atoms with Gasteiger partial charge in [0.25, 0.3) is 0 Å². The van der Waals surface area contributed by atoms with Gasteiger partial charge in [-0.2, -0.15) is 0 Å². The molecule has 0 aliphatic heterocycles. The maximum absolute atomic E-state index is 6.14. The summed E-state index contributed by atoms with van der Waals surface area (Å²) in [7, 11) is 6.27. The zero-order valence-electron chi connectivity index (χ0n) is 10.9. The zero-order chi connectivity index (χ0) is 12.8. The van der Waals surface area contributed by atoms with E-state index in [0.717, 1.165) is 42.3 Å². The third kappa shape index (κ3) is 4.94. The van der Waals surface area contributed by atoms with E-state index in [0.29, 0.717) is 0 Å². The van der Waals surface area contributed by atoms with Crippen molar-refractivity contribution in [3.8, 4) is 0 Å². The van der Waals surface area contributed by atoms with Crippen LogP contribution in [-0.4, -0.2) is 44.0 Å². The lowest BCUT2D eigenvalue weighted by Crippen LogP contribution is -2.24. The van der Waals surface area contributed by atoms with Gasteiger partial charge in [-0.3, -0.25) is 0 Å². The highest BCUT2D eigenvalue weighted by atomic mass is 35.5. The van der Waals surface area contributed by atoms with Crippen LogP contribution >= 0.6 is 11.6 Å². The van der Waals surface area contributed by atoms with Gasteiger partial charge in [0.2, 0.25) is 0 Å². The molecular formula is C13H22ClN3. The maximum Gasteiger partial charge on any atom is 0.0471 e. The SMILES string of the molecule is CN(C)CCCN(C)Cc1c(N)cccc1Cl. The maximum atomic E-state index is 6.14. The Labute approximate surface area is 109 Å². The summed E-state index contributed by atoms with van der Waals surface area (Å²) in [6.45, 7) is 2.95. The van der Waals surface area contributed by atoms with Crippen LogP contribution in [0.4, 0.5) is 5.69 Å². The molecule has 17 heavy (non-hydrogen) atoms. The van der Waals surface area contributed by atoms with Gasteiger partial charge in [-0.05, 0) is 52.8 Å². The molecule has 4 heteroatoms. The molecule has 96 valence electrons. The van der Waals surface area contributed by atoms with Crippen LogP contribution in [0, 0.1) is 0 Å². The van der Waals surface area contributed by atoms with Crippen molar-refractivity contribution in [2.24, 2.45) is 0 Å². The van der Waals surface area contributed by atoms with Crippen molar-refractivity contribution in [1.82, 2.24) is 9.80 Å². The standard InChI is InChI=1S/C13H22ClN3/c1-16(2)8-5-9-17(3)10-11-12(14)6-4-7-13(11)15/h4,6-7H,5,8-10,15H2,1-3H3. The fraction of sp³-hybridized carbons (Fsp3) is 0.538. The molecule has 0 radical (unpaired) electrons. The molecule has 2 N–H and O–H groups in total. The minimum absolute atomic E-state index is 0.754. The van der Waals surface area contributed by atoms with Crippen LogP contribution in [0.3, 0.4) is 0 Å². The highest BCUT2D eigenvalue weighted by Crippen LogP contribution is 2.23. The van der Waals surface area contributed by atoms with Crippen LogP contribution in [-0.2, 0) is 6.54 Å². The van der Waals surface area contributed by atoms with Crippen molar-refractivity contribution in [1.29, 1.82) is 0 Å². The Bertz CT molecular complexity index is 332. The van der Waals surface area contributed by atoms with E-state index in [9.17, 15) is 0 Å². The molecule has 0 saturated carbocycles. The summed E-state index contributed by atoms with van der Waals surface area (Å²) in [5, 5.41) is 0.754. The number of benzene rings is 1. The molecule has 1 aromatic rings. The van der Waals surface area contributed by atoms with Gasteiger partial charge < -0.3 is 15.5 Å². The highest BCUT2D eigenvalue weighted by molar-refractivity contribution is 6.31. The highest BCUT2D eigenvalue weighted by Gasteiger charge is 2.07. The van der Waals surface area contributed by atoms with Crippen LogP contribution in [0.15, 0.2) is 18.2 Å². The van der Waals surface area contributed by atoms with Gasteiger partial charge >= 0.3 is 0 Å². The molecule has 0 saturated heterocycles. The second-order valence-corrected chi connectivity index (χ2v) is 5.11. The molecule has 0 amide bonds. The van der Waals surface area contributed by atoms with Crippen molar-refractivity contribution in [3.63, 3.8) is 0 Å².